The smallest absolute Gasteiger partial charge is 0.303 e. The number of carboxylic acid groups (broad SMARTS) is 1. The summed E-state index contributed by atoms with van der Waals surface area (Å²) in [7, 11) is 0. The van der Waals surface area contributed by atoms with Crippen molar-refractivity contribution in [3.63, 3.8) is 0 Å². The molecule has 0 heterocycles. The van der Waals surface area contributed by atoms with Gasteiger partial charge >= 0.3 is 5.97 Å². The van der Waals surface area contributed by atoms with Gasteiger partial charge in [-0.15, -0.1) is 0 Å². The summed E-state index contributed by atoms with van der Waals surface area (Å²) in [5, 5.41) is 27.9. The standard InChI is InChI=1S/C22H44O4/c1-2-3-4-5-6-7-8-9-10-11-12-13-14-15-16-17-19-22(25,26)20-18-21(23)24/h25-26H,2-20H2,1H3,(H,23,24). The van der Waals surface area contributed by atoms with Gasteiger partial charge in [-0.05, 0) is 6.42 Å². The van der Waals surface area contributed by atoms with Crippen LogP contribution in [0.15, 0.2) is 0 Å². The van der Waals surface area contributed by atoms with Crippen LogP contribution < -0.4 is 0 Å². The Morgan fingerprint density at radius 3 is 1.31 bits per heavy atom. The minimum Gasteiger partial charge on any atom is -0.481 e. The Hall–Kier alpha value is -0.610. The van der Waals surface area contributed by atoms with Crippen molar-refractivity contribution in [1.29, 1.82) is 0 Å². The number of aliphatic hydroxyl groups is 2. The number of carboxylic acids is 1. The third kappa shape index (κ3) is 19.7. The fraction of sp³-hybridized carbons (Fsp3) is 0.955. The Morgan fingerprint density at radius 2 is 0.962 bits per heavy atom. The van der Waals surface area contributed by atoms with E-state index in [1.165, 1.54) is 83.5 Å². The summed E-state index contributed by atoms with van der Waals surface area (Å²) in [6.07, 6.45) is 20.6. The molecule has 3 N–H and O–H groups in total. The third-order valence-corrected chi connectivity index (χ3v) is 5.17. The van der Waals surface area contributed by atoms with Gasteiger partial charge in [-0.25, -0.2) is 0 Å². The third-order valence-electron chi connectivity index (χ3n) is 5.17. The normalized spacial score (nSPS) is 11.8. The fourth-order valence-electron chi connectivity index (χ4n) is 3.39. The van der Waals surface area contributed by atoms with Crippen LogP contribution in [0.25, 0.3) is 0 Å². The average molecular weight is 373 g/mol. The first-order valence-electron chi connectivity index (χ1n) is 11.1. The van der Waals surface area contributed by atoms with Gasteiger partial charge in [0.05, 0.1) is 6.42 Å². The predicted molar refractivity (Wildman–Crippen MR) is 108 cm³/mol. The molecule has 0 aromatic heterocycles. The number of aliphatic carboxylic acids is 1. The Balaban J connectivity index is 3.21. The molecule has 0 aliphatic carbocycles. The largest absolute Gasteiger partial charge is 0.481 e. The number of unbranched alkanes of at least 4 members (excludes halogenated alkanes) is 15. The van der Waals surface area contributed by atoms with Gasteiger partial charge in [0.1, 0.15) is 0 Å². The molecule has 0 bridgehead atoms. The van der Waals surface area contributed by atoms with E-state index < -0.39 is 11.8 Å². The lowest BCUT2D eigenvalue weighted by atomic mass is 10.0. The molecule has 0 amide bonds. The summed E-state index contributed by atoms with van der Waals surface area (Å²) in [5.74, 6) is -2.79. The second-order valence-electron chi connectivity index (χ2n) is 7.93. The number of hydrogen-bond acceptors (Lipinski definition) is 3. The van der Waals surface area contributed by atoms with Gasteiger partial charge in [-0.3, -0.25) is 4.79 Å². The van der Waals surface area contributed by atoms with Crippen molar-refractivity contribution in [1.82, 2.24) is 0 Å². The maximum absolute atomic E-state index is 10.4. The van der Waals surface area contributed by atoms with Crippen molar-refractivity contribution in [2.75, 3.05) is 0 Å². The van der Waals surface area contributed by atoms with Crippen LogP contribution in [-0.2, 0) is 4.79 Å². The van der Waals surface area contributed by atoms with E-state index in [1.807, 2.05) is 0 Å². The zero-order valence-electron chi connectivity index (χ0n) is 17.2. The molecule has 4 nitrogen and oxygen atoms in total. The molecule has 156 valence electrons. The van der Waals surface area contributed by atoms with Crippen LogP contribution in [0.2, 0.25) is 0 Å². The van der Waals surface area contributed by atoms with Gasteiger partial charge in [0.25, 0.3) is 0 Å². The summed E-state index contributed by atoms with van der Waals surface area (Å²) < 4.78 is 0. The van der Waals surface area contributed by atoms with Gasteiger partial charge in [-0.1, -0.05) is 103 Å². The summed E-state index contributed by atoms with van der Waals surface area (Å²) in [5.41, 5.74) is 0. The van der Waals surface area contributed by atoms with Crippen molar-refractivity contribution in [2.24, 2.45) is 0 Å². The van der Waals surface area contributed by atoms with Crippen molar-refractivity contribution in [3.8, 4) is 0 Å². The SMILES string of the molecule is CCCCCCCCCCCCCCCCCCC(O)(O)CCC(=O)O. The second kappa shape index (κ2) is 17.8. The van der Waals surface area contributed by atoms with E-state index in [-0.39, 0.29) is 19.3 Å². The monoisotopic (exact) mass is 372 g/mol. The lowest BCUT2D eigenvalue weighted by Crippen LogP contribution is -2.28. The molecule has 0 fully saturated rings. The molecule has 26 heavy (non-hydrogen) atoms. The Labute approximate surface area is 161 Å². The van der Waals surface area contributed by atoms with Gasteiger partial charge < -0.3 is 15.3 Å². The fourth-order valence-corrected chi connectivity index (χ4v) is 3.39. The summed E-state index contributed by atoms with van der Waals surface area (Å²) in [6.45, 7) is 2.26. The van der Waals surface area contributed by atoms with Crippen LogP contribution in [0.3, 0.4) is 0 Å². The van der Waals surface area contributed by atoms with Gasteiger partial charge in [0.2, 0.25) is 0 Å². The molecule has 0 saturated carbocycles. The molecular weight excluding hydrogens is 328 g/mol. The minimum atomic E-state index is -1.81. The van der Waals surface area contributed by atoms with Crippen LogP contribution >= 0.6 is 0 Å². The van der Waals surface area contributed by atoms with Gasteiger partial charge in [0, 0.05) is 12.8 Å². The molecule has 0 aliphatic rings. The van der Waals surface area contributed by atoms with E-state index in [4.69, 9.17) is 5.11 Å². The van der Waals surface area contributed by atoms with Crippen LogP contribution in [-0.4, -0.2) is 27.1 Å². The first-order chi connectivity index (χ1) is 12.5. The zero-order valence-corrected chi connectivity index (χ0v) is 17.2. The van der Waals surface area contributed by atoms with Crippen molar-refractivity contribution in [2.45, 2.75) is 135 Å². The lowest BCUT2D eigenvalue weighted by molar-refractivity contribution is -0.176. The van der Waals surface area contributed by atoms with E-state index in [1.54, 1.807) is 0 Å². The van der Waals surface area contributed by atoms with Crippen molar-refractivity contribution in [3.05, 3.63) is 0 Å². The Kier molecular flexibility index (Phi) is 17.4. The van der Waals surface area contributed by atoms with Crippen LogP contribution in [0.5, 0.6) is 0 Å². The molecule has 4 heteroatoms. The van der Waals surface area contributed by atoms with E-state index in [0.717, 1.165) is 19.3 Å². The maximum Gasteiger partial charge on any atom is 0.303 e. The zero-order chi connectivity index (χ0) is 19.5. The number of hydrogen-bond donors (Lipinski definition) is 3. The maximum atomic E-state index is 10.4. The average Bonchev–Trinajstić information content (AvgIpc) is 2.60. The predicted octanol–water partition coefficient (Wildman–Crippen LogP) is 6.18. The molecule has 0 aliphatic heterocycles. The lowest BCUT2D eigenvalue weighted by Gasteiger charge is -2.20. The van der Waals surface area contributed by atoms with Crippen LogP contribution in [0.1, 0.15) is 129 Å². The molecule has 0 rings (SSSR count). The van der Waals surface area contributed by atoms with E-state index in [9.17, 15) is 15.0 Å². The van der Waals surface area contributed by atoms with Gasteiger partial charge in [-0.2, -0.15) is 0 Å². The first-order valence-corrected chi connectivity index (χ1v) is 11.1. The quantitative estimate of drug-likeness (QED) is 0.176. The van der Waals surface area contributed by atoms with Crippen molar-refractivity contribution >= 4 is 5.97 Å². The molecule has 0 atom stereocenters. The summed E-state index contributed by atoms with van der Waals surface area (Å²) >= 11 is 0. The molecule has 0 radical (unpaired) electrons. The van der Waals surface area contributed by atoms with Crippen LogP contribution in [0.4, 0.5) is 0 Å². The summed E-state index contributed by atoms with van der Waals surface area (Å²) in [4.78, 5) is 10.4. The molecule has 0 unspecified atom stereocenters. The number of rotatable bonds is 20. The van der Waals surface area contributed by atoms with E-state index in [0.29, 0.717) is 0 Å². The topological polar surface area (TPSA) is 77.8 Å². The highest BCUT2D eigenvalue weighted by atomic mass is 16.5. The highest BCUT2D eigenvalue weighted by Crippen LogP contribution is 2.19. The van der Waals surface area contributed by atoms with E-state index >= 15 is 0 Å². The molecule has 0 aromatic carbocycles. The second-order valence-corrected chi connectivity index (χ2v) is 7.93. The minimum absolute atomic E-state index is 0.0823. The Bertz CT molecular complexity index is 315. The first kappa shape index (κ1) is 25.4. The van der Waals surface area contributed by atoms with Crippen LogP contribution in [0, 0.1) is 0 Å². The Morgan fingerprint density at radius 1 is 0.615 bits per heavy atom. The van der Waals surface area contributed by atoms with Gasteiger partial charge in [0.15, 0.2) is 5.79 Å². The van der Waals surface area contributed by atoms with E-state index in [2.05, 4.69) is 6.92 Å². The highest BCUT2D eigenvalue weighted by Gasteiger charge is 2.23. The molecule has 0 spiro atoms. The van der Waals surface area contributed by atoms with Crippen molar-refractivity contribution < 1.29 is 20.1 Å². The highest BCUT2D eigenvalue weighted by molar-refractivity contribution is 5.66. The number of carbonyl (C=O) groups is 1. The summed E-state index contributed by atoms with van der Waals surface area (Å²) in [6, 6.07) is 0. The molecule has 0 saturated heterocycles. The molecular formula is C22H44O4. The molecule has 0 aromatic rings.